The van der Waals surface area contributed by atoms with E-state index in [4.69, 9.17) is 9.84 Å². The van der Waals surface area contributed by atoms with Crippen molar-refractivity contribution in [3.8, 4) is 17.1 Å². The Morgan fingerprint density at radius 1 is 1.16 bits per heavy atom. The number of pyridine rings is 2. The summed E-state index contributed by atoms with van der Waals surface area (Å²) in [6.07, 6.45) is -3.20. The highest BCUT2D eigenvalue weighted by atomic mass is 19.4. The number of nitrogens with zero attached hydrogens (tertiary/aromatic N) is 2. The van der Waals surface area contributed by atoms with Gasteiger partial charge in [0, 0.05) is 18.2 Å². The molecular formula is C22H21F3N4O3. The highest BCUT2D eigenvalue weighted by Gasteiger charge is 2.33. The van der Waals surface area contributed by atoms with Crippen molar-refractivity contribution in [3.63, 3.8) is 0 Å². The van der Waals surface area contributed by atoms with E-state index < -0.39 is 17.9 Å². The van der Waals surface area contributed by atoms with Gasteiger partial charge in [0.15, 0.2) is 0 Å². The van der Waals surface area contributed by atoms with Crippen LogP contribution in [0.25, 0.3) is 11.3 Å². The lowest BCUT2D eigenvalue weighted by molar-refractivity contribution is -0.141. The fourth-order valence-corrected chi connectivity index (χ4v) is 2.87. The van der Waals surface area contributed by atoms with E-state index in [-0.39, 0.29) is 25.5 Å². The predicted octanol–water partition coefficient (Wildman–Crippen LogP) is 4.16. The second kappa shape index (κ2) is 10.1. The maximum atomic E-state index is 13.2. The fraction of sp³-hybridized carbons (Fsp3) is 0.227. The molecule has 0 aliphatic carbocycles. The number of ether oxygens (including phenoxy) is 1. The number of aromatic nitrogens is 2. The Kier molecular flexibility index (Phi) is 7.26. The largest absolute Gasteiger partial charge is 0.475 e. The van der Waals surface area contributed by atoms with Gasteiger partial charge in [-0.15, -0.1) is 0 Å². The summed E-state index contributed by atoms with van der Waals surface area (Å²) in [6.45, 7) is 1.75. The molecule has 1 aromatic carbocycles. The van der Waals surface area contributed by atoms with Gasteiger partial charge in [-0.25, -0.2) is 14.8 Å². The van der Waals surface area contributed by atoms with Gasteiger partial charge in [-0.1, -0.05) is 29.8 Å². The third kappa shape index (κ3) is 6.17. The molecule has 2 aromatic heterocycles. The van der Waals surface area contributed by atoms with Gasteiger partial charge in [0.2, 0.25) is 5.88 Å². The van der Waals surface area contributed by atoms with Gasteiger partial charge in [0.05, 0.1) is 24.2 Å². The van der Waals surface area contributed by atoms with E-state index in [0.717, 1.165) is 11.6 Å². The van der Waals surface area contributed by atoms with E-state index in [1.165, 1.54) is 18.3 Å². The third-order valence-electron chi connectivity index (χ3n) is 4.34. The second-order valence-corrected chi connectivity index (χ2v) is 6.84. The van der Waals surface area contributed by atoms with Crippen LogP contribution in [0.5, 0.6) is 5.88 Å². The van der Waals surface area contributed by atoms with E-state index in [1.54, 1.807) is 24.3 Å². The molecule has 0 unspecified atom stereocenters. The van der Waals surface area contributed by atoms with Crippen LogP contribution in [-0.4, -0.2) is 34.3 Å². The van der Waals surface area contributed by atoms with Gasteiger partial charge >= 0.3 is 12.2 Å². The number of aliphatic hydroxyl groups excluding tert-OH is 1. The molecule has 3 rings (SSSR count). The number of benzene rings is 1. The molecule has 0 radical (unpaired) electrons. The Morgan fingerprint density at radius 2 is 1.97 bits per heavy atom. The van der Waals surface area contributed by atoms with E-state index >= 15 is 0 Å². The van der Waals surface area contributed by atoms with Crippen LogP contribution in [0.15, 0.2) is 54.7 Å². The zero-order valence-corrected chi connectivity index (χ0v) is 17.1. The first-order valence-corrected chi connectivity index (χ1v) is 9.65. The molecular weight excluding hydrogens is 425 g/mol. The lowest BCUT2D eigenvalue weighted by Gasteiger charge is -2.14. The Labute approximate surface area is 182 Å². The summed E-state index contributed by atoms with van der Waals surface area (Å²) < 4.78 is 44.7. The number of aryl methyl sites for hydroxylation is 1. The Balaban J connectivity index is 1.73. The highest BCUT2D eigenvalue weighted by molar-refractivity contribution is 5.89. The van der Waals surface area contributed by atoms with Crippen molar-refractivity contribution in [2.75, 3.05) is 18.5 Å². The van der Waals surface area contributed by atoms with Crippen LogP contribution < -0.4 is 15.4 Å². The fourth-order valence-electron chi connectivity index (χ4n) is 2.87. The summed E-state index contributed by atoms with van der Waals surface area (Å²) in [7, 11) is 0. The number of alkyl halides is 3. The molecule has 0 saturated carbocycles. The molecule has 0 atom stereocenters. The average Bonchev–Trinajstić information content (AvgIpc) is 2.76. The maximum Gasteiger partial charge on any atom is 0.433 e. The van der Waals surface area contributed by atoms with Crippen molar-refractivity contribution in [1.82, 2.24) is 15.3 Å². The SMILES string of the molecule is Cc1cccc(-c2nc(C(F)(F)F)ccc2CNC(=O)Nc2ccc(OCCO)nc2)c1. The summed E-state index contributed by atoms with van der Waals surface area (Å²) in [4.78, 5) is 20.1. The van der Waals surface area contributed by atoms with Gasteiger partial charge < -0.3 is 20.5 Å². The van der Waals surface area contributed by atoms with Gasteiger partial charge in [0.1, 0.15) is 12.3 Å². The zero-order chi connectivity index (χ0) is 23.1. The lowest BCUT2D eigenvalue weighted by atomic mass is 10.0. The summed E-state index contributed by atoms with van der Waals surface area (Å²) in [6, 6.07) is 11.7. The number of halogens is 3. The summed E-state index contributed by atoms with van der Waals surface area (Å²) >= 11 is 0. The average molecular weight is 446 g/mol. The number of aliphatic hydroxyl groups is 1. The molecule has 3 aromatic rings. The van der Waals surface area contributed by atoms with Crippen molar-refractivity contribution >= 4 is 11.7 Å². The number of nitrogens with one attached hydrogen (secondary N) is 2. The van der Waals surface area contributed by atoms with E-state index in [1.807, 2.05) is 13.0 Å². The van der Waals surface area contributed by atoms with E-state index in [0.29, 0.717) is 22.7 Å². The van der Waals surface area contributed by atoms with E-state index in [2.05, 4.69) is 20.6 Å². The van der Waals surface area contributed by atoms with Gasteiger partial charge in [-0.2, -0.15) is 13.2 Å². The monoisotopic (exact) mass is 446 g/mol. The van der Waals surface area contributed by atoms with Crippen LogP contribution in [0.2, 0.25) is 0 Å². The number of hydrogen-bond acceptors (Lipinski definition) is 5. The quantitative estimate of drug-likeness (QED) is 0.506. The molecule has 0 spiro atoms. The standard InChI is InChI=1S/C22H21F3N4O3/c1-14-3-2-4-15(11-14)20-16(5-7-18(29-20)22(23,24)25)12-27-21(31)28-17-6-8-19(26-13-17)32-10-9-30/h2-8,11,13,30H,9-10,12H2,1H3,(H2,27,28,31). The summed E-state index contributed by atoms with van der Waals surface area (Å²) in [5.41, 5.74) is 1.37. The highest BCUT2D eigenvalue weighted by Crippen LogP contribution is 2.31. The molecule has 168 valence electrons. The molecule has 2 heterocycles. The zero-order valence-electron chi connectivity index (χ0n) is 17.1. The van der Waals surface area contributed by atoms with Crippen molar-refractivity contribution < 1.29 is 27.8 Å². The lowest BCUT2D eigenvalue weighted by Crippen LogP contribution is -2.28. The molecule has 10 heteroatoms. The molecule has 0 aliphatic heterocycles. The number of carbonyl (C=O) groups excluding carboxylic acids is 1. The van der Waals surface area contributed by atoms with Crippen LogP contribution in [0, 0.1) is 6.92 Å². The van der Waals surface area contributed by atoms with Crippen molar-refractivity contribution in [2.24, 2.45) is 0 Å². The van der Waals surface area contributed by atoms with Crippen LogP contribution in [0.3, 0.4) is 0 Å². The normalized spacial score (nSPS) is 11.2. The first-order valence-electron chi connectivity index (χ1n) is 9.65. The van der Waals surface area contributed by atoms with Crippen LogP contribution in [-0.2, 0) is 12.7 Å². The minimum atomic E-state index is -4.58. The van der Waals surface area contributed by atoms with Gasteiger partial charge in [-0.3, -0.25) is 0 Å². The molecule has 2 amide bonds. The number of hydrogen-bond donors (Lipinski definition) is 3. The Hall–Kier alpha value is -3.66. The van der Waals surface area contributed by atoms with Crippen molar-refractivity contribution in [1.29, 1.82) is 0 Å². The molecule has 0 saturated heterocycles. The maximum absolute atomic E-state index is 13.2. The Bertz CT molecular complexity index is 1070. The number of carbonyl (C=O) groups is 1. The smallest absolute Gasteiger partial charge is 0.433 e. The predicted molar refractivity (Wildman–Crippen MR) is 112 cm³/mol. The molecule has 0 bridgehead atoms. The second-order valence-electron chi connectivity index (χ2n) is 6.84. The van der Waals surface area contributed by atoms with Gasteiger partial charge in [0.25, 0.3) is 0 Å². The number of amides is 2. The third-order valence-corrected chi connectivity index (χ3v) is 4.34. The number of rotatable bonds is 7. The first-order chi connectivity index (χ1) is 15.3. The molecule has 3 N–H and O–H groups in total. The number of urea groups is 1. The first kappa shape index (κ1) is 23.0. The molecule has 0 aliphatic rings. The van der Waals surface area contributed by atoms with E-state index in [9.17, 15) is 18.0 Å². The number of anilines is 1. The van der Waals surface area contributed by atoms with Crippen molar-refractivity contribution in [2.45, 2.75) is 19.6 Å². The molecule has 32 heavy (non-hydrogen) atoms. The molecule has 7 nitrogen and oxygen atoms in total. The van der Waals surface area contributed by atoms with Gasteiger partial charge in [-0.05, 0) is 30.7 Å². The van der Waals surface area contributed by atoms with Crippen LogP contribution >= 0.6 is 0 Å². The van der Waals surface area contributed by atoms with Crippen LogP contribution in [0.4, 0.5) is 23.7 Å². The summed E-state index contributed by atoms with van der Waals surface area (Å²) in [5.74, 6) is 0.295. The molecule has 0 fully saturated rings. The summed E-state index contributed by atoms with van der Waals surface area (Å²) in [5, 5.41) is 13.9. The van der Waals surface area contributed by atoms with Crippen LogP contribution in [0.1, 0.15) is 16.8 Å². The van der Waals surface area contributed by atoms with Crippen molar-refractivity contribution in [3.05, 3.63) is 71.5 Å². The minimum Gasteiger partial charge on any atom is -0.475 e. The Morgan fingerprint density at radius 3 is 2.62 bits per heavy atom. The minimum absolute atomic E-state index is 0.0363. The topological polar surface area (TPSA) is 96.4 Å².